The average molecular weight is 142 g/mol. The Morgan fingerprint density at radius 2 is 2.50 bits per heavy atom. The van der Waals surface area contributed by atoms with Gasteiger partial charge in [-0.1, -0.05) is 0 Å². The lowest BCUT2D eigenvalue weighted by Gasteiger charge is -2.00. The van der Waals surface area contributed by atoms with Gasteiger partial charge in [0.15, 0.2) is 0 Å². The first-order valence-corrected chi connectivity index (χ1v) is 2.95. The highest BCUT2D eigenvalue weighted by atomic mass is 16.5. The van der Waals surface area contributed by atoms with E-state index in [4.69, 9.17) is 9.84 Å². The molecular weight excluding hydrogens is 132 g/mol. The van der Waals surface area contributed by atoms with Crippen LogP contribution < -0.4 is 4.74 Å². The second-order valence-electron chi connectivity index (χ2n) is 1.96. The summed E-state index contributed by atoms with van der Waals surface area (Å²) < 4.78 is 6.52. The summed E-state index contributed by atoms with van der Waals surface area (Å²) in [7, 11) is 3.31. The van der Waals surface area contributed by atoms with Crippen LogP contribution in [0.3, 0.4) is 0 Å². The lowest BCUT2D eigenvalue weighted by molar-refractivity contribution is 0.271. The molecule has 0 saturated heterocycles. The van der Waals surface area contributed by atoms with Gasteiger partial charge in [0.2, 0.25) is 5.88 Å². The minimum Gasteiger partial charge on any atom is -0.481 e. The number of rotatable bonds is 2. The molecule has 0 atom stereocenters. The molecule has 4 nitrogen and oxygen atoms in total. The van der Waals surface area contributed by atoms with Crippen LogP contribution in [0.5, 0.6) is 5.88 Å². The fourth-order valence-corrected chi connectivity index (χ4v) is 0.843. The minimum absolute atomic E-state index is 0.0307. The van der Waals surface area contributed by atoms with Gasteiger partial charge in [-0.2, -0.15) is 5.10 Å². The predicted octanol–water partition coefficient (Wildman–Crippen LogP) is -0.0790. The number of aliphatic hydroxyl groups is 1. The highest BCUT2D eigenvalue weighted by Gasteiger charge is 2.05. The standard InChI is InChI=1S/C6H10N2O2/c1-8-6(10-2)5(4-9)3-7-8/h3,9H,4H2,1-2H3. The van der Waals surface area contributed by atoms with Crippen LogP contribution in [0.15, 0.2) is 6.20 Å². The van der Waals surface area contributed by atoms with Crippen LogP contribution in [0.25, 0.3) is 0 Å². The number of ether oxygens (including phenoxy) is 1. The molecule has 0 spiro atoms. The molecule has 1 rings (SSSR count). The number of aromatic nitrogens is 2. The van der Waals surface area contributed by atoms with Crippen LogP contribution in [-0.4, -0.2) is 22.0 Å². The van der Waals surface area contributed by atoms with Gasteiger partial charge in [0, 0.05) is 7.05 Å². The zero-order chi connectivity index (χ0) is 7.56. The summed E-state index contributed by atoms with van der Waals surface area (Å²) in [6.45, 7) is -0.0307. The molecule has 0 aliphatic heterocycles. The molecule has 0 radical (unpaired) electrons. The van der Waals surface area contributed by atoms with Crippen LogP contribution in [0.1, 0.15) is 5.56 Å². The quantitative estimate of drug-likeness (QED) is 0.628. The summed E-state index contributed by atoms with van der Waals surface area (Å²) in [4.78, 5) is 0. The molecule has 1 aromatic rings. The normalized spacial score (nSPS) is 9.90. The molecule has 1 aromatic heterocycles. The molecule has 0 fully saturated rings. The van der Waals surface area contributed by atoms with E-state index >= 15 is 0 Å². The monoisotopic (exact) mass is 142 g/mol. The lowest BCUT2D eigenvalue weighted by Crippen LogP contribution is -1.96. The largest absolute Gasteiger partial charge is 0.481 e. The zero-order valence-corrected chi connectivity index (χ0v) is 6.03. The minimum atomic E-state index is -0.0307. The molecule has 4 heteroatoms. The second kappa shape index (κ2) is 2.70. The van der Waals surface area contributed by atoms with Crippen molar-refractivity contribution in [3.8, 4) is 5.88 Å². The maximum atomic E-state index is 8.73. The van der Waals surface area contributed by atoms with E-state index in [0.717, 1.165) is 0 Å². The van der Waals surface area contributed by atoms with Crippen molar-refractivity contribution in [2.75, 3.05) is 7.11 Å². The van der Waals surface area contributed by atoms with Crippen molar-refractivity contribution in [1.82, 2.24) is 9.78 Å². The van der Waals surface area contributed by atoms with Crippen molar-refractivity contribution in [2.24, 2.45) is 7.05 Å². The third kappa shape index (κ3) is 0.974. The Morgan fingerprint density at radius 1 is 1.80 bits per heavy atom. The fraction of sp³-hybridized carbons (Fsp3) is 0.500. The van der Waals surface area contributed by atoms with E-state index in [2.05, 4.69) is 5.10 Å². The Balaban J connectivity index is 3.01. The summed E-state index contributed by atoms with van der Waals surface area (Å²) in [5.74, 6) is 0.613. The highest BCUT2D eigenvalue weighted by Crippen LogP contribution is 2.14. The molecule has 0 saturated carbocycles. The first-order valence-electron chi connectivity index (χ1n) is 2.95. The molecule has 0 unspecified atom stereocenters. The third-order valence-corrected chi connectivity index (χ3v) is 1.32. The highest BCUT2D eigenvalue weighted by molar-refractivity contribution is 5.22. The first kappa shape index (κ1) is 7.08. The van der Waals surface area contributed by atoms with Gasteiger partial charge in [0.05, 0.1) is 25.5 Å². The average Bonchev–Trinajstić information content (AvgIpc) is 2.30. The Morgan fingerprint density at radius 3 is 2.90 bits per heavy atom. The molecule has 0 bridgehead atoms. The van der Waals surface area contributed by atoms with Crippen molar-refractivity contribution in [3.05, 3.63) is 11.8 Å². The van der Waals surface area contributed by atoms with E-state index < -0.39 is 0 Å². The molecule has 56 valence electrons. The molecule has 0 aromatic carbocycles. The Hall–Kier alpha value is -1.03. The van der Waals surface area contributed by atoms with Gasteiger partial charge in [0.25, 0.3) is 0 Å². The van der Waals surface area contributed by atoms with Crippen LogP contribution in [0, 0.1) is 0 Å². The van der Waals surface area contributed by atoms with Gasteiger partial charge in [-0.05, 0) is 0 Å². The Bertz CT molecular complexity index is 220. The number of hydrogen-bond donors (Lipinski definition) is 1. The maximum Gasteiger partial charge on any atom is 0.216 e. The number of aliphatic hydroxyl groups excluding tert-OH is 1. The van der Waals surface area contributed by atoms with Gasteiger partial charge in [-0.3, -0.25) is 0 Å². The molecule has 0 amide bonds. The summed E-state index contributed by atoms with van der Waals surface area (Å²) in [6, 6.07) is 0. The molecule has 0 aliphatic carbocycles. The molecule has 1 heterocycles. The van der Waals surface area contributed by atoms with Crippen LogP contribution in [0.2, 0.25) is 0 Å². The fourth-order valence-electron chi connectivity index (χ4n) is 0.843. The van der Waals surface area contributed by atoms with Gasteiger partial charge in [0.1, 0.15) is 0 Å². The number of hydrogen-bond acceptors (Lipinski definition) is 3. The third-order valence-electron chi connectivity index (χ3n) is 1.32. The molecule has 1 N–H and O–H groups in total. The Kier molecular flexibility index (Phi) is 1.91. The number of nitrogens with zero attached hydrogens (tertiary/aromatic N) is 2. The summed E-state index contributed by atoms with van der Waals surface area (Å²) >= 11 is 0. The molecular formula is C6H10N2O2. The predicted molar refractivity (Wildman–Crippen MR) is 35.7 cm³/mol. The van der Waals surface area contributed by atoms with Crippen molar-refractivity contribution < 1.29 is 9.84 Å². The van der Waals surface area contributed by atoms with Crippen molar-refractivity contribution >= 4 is 0 Å². The van der Waals surface area contributed by atoms with E-state index in [1.165, 1.54) is 0 Å². The topological polar surface area (TPSA) is 47.3 Å². The second-order valence-corrected chi connectivity index (χ2v) is 1.96. The van der Waals surface area contributed by atoms with Gasteiger partial charge >= 0.3 is 0 Å². The number of methoxy groups -OCH3 is 1. The maximum absolute atomic E-state index is 8.73. The van der Waals surface area contributed by atoms with Gasteiger partial charge < -0.3 is 9.84 Å². The molecule has 0 aliphatic rings. The summed E-state index contributed by atoms with van der Waals surface area (Å²) in [5, 5.41) is 12.6. The van der Waals surface area contributed by atoms with Gasteiger partial charge in [-0.15, -0.1) is 0 Å². The summed E-state index contributed by atoms with van der Waals surface area (Å²) in [5.41, 5.74) is 0.713. The van der Waals surface area contributed by atoms with Crippen LogP contribution >= 0.6 is 0 Å². The van der Waals surface area contributed by atoms with Crippen molar-refractivity contribution in [3.63, 3.8) is 0 Å². The van der Waals surface area contributed by atoms with Crippen LogP contribution in [-0.2, 0) is 13.7 Å². The SMILES string of the molecule is COc1c(CO)cnn1C. The first-order chi connectivity index (χ1) is 4.79. The molecule has 10 heavy (non-hydrogen) atoms. The number of aryl methyl sites for hydroxylation is 1. The Labute approximate surface area is 59.0 Å². The van der Waals surface area contributed by atoms with Gasteiger partial charge in [-0.25, -0.2) is 4.68 Å². The van der Waals surface area contributed by atoms with E-state index in [1.807, 2.05) is 0 Å². The van der Waals surface area contributed by atoms with Crippen LogP contribution in [0.4, 0.5) is 0 Å². The summed E-state index contributed by atoms with van der Waals surface area (Å²) in [6.07, 6.45) is 1.58. The lowest BCUT2D eigenvalue weighted by atomic mass is 10.4. The van der Waals surface area contributed by atoms with E-state index in [9.17, 15) is 0 Å². The van der Waals surface area contributed by atoms with E-state index in [0.29, 0.717) is 11.4 Å². The van der Waals surface area contributed by atoms with E-state index in [-0.39, 0.29) is 6.61 Å². The zero-order valence-electron chi connectivity index (χ0n) is 6.03. The van der Waals surface area contributed by atoms with Crippen molar-refractivity contribution in [2.45, 2.75) is 6.61 Å². The van der Waals surface area contributed by atoms with Crippen molar-refractivity contribution in [1.29, 1.82) is 0 Å². The van der Waals surface area contributed by atoms with E-state index in [1.54, 1.807) is 25.0 Å². The smallest absolute Gasteiger partial charge is 0.216 e.